The summed E-state index contributed by atoms with van der Waals surface area (Å²) in [4.78, 5) is 0. The molecule has 0 aromatic heterocycles. The molecule has 0 aliphatic carbocycles. The van der Waals surface area contributed by atoms with Gasteiger partial charge in [0.05, 0.1) is 0 Å². The molecule has 0 aliphatic heterocycles. The van der Waals surface area contributed by atoms with E-state index in [1.807, 2.05) is 0 Å². The van der Waals surface area contributed by atoms with Crippen LogP contribution in [0, 0.1) is 0 Å². The molecule has 0 amide bonds. The topological polar surface area (TPSA) is 0 Å². The summed E-state index contributed by atoms with van der Waals surface area (Å²) >= 11 is 0. The lowest BCUT2D eigenvalue weighted by molar-refractivity contribution is 0.704. The molecule has 0 heterocycles. The van der Waals surface area contributed by atoms with Crippen LogP contribution in [0.1, 0.15) is 64.9 Å². The number of hydrogen-bond acceptors (Lipinski definition) is 0. The lowest BCUT2D eigenvalue weighted by Gasteiger charge is -2.21. The first-order valence-electron chi connectivity index (χ1n) is 8.16. The maximum Gasteiger partial charge on any atom is -0.0209 e. The number of unbranched alkanes of at least 4 members (excludes halogenated alkanes) is 4. The molecule has 0 N–H and O–H groups in total. The van der Waals surface area contributed by atoms with Crippen molar-refractivity contribution >= 4 is 13.2 Å². The summed E-state index contributed by atoms with van der Waals surface area (Å²) in [5, 5.41) is 1.70. The lowest BCUT2D eigenvalue weighted by Crippen LogP contribution is -2.12. The van der Waals surface area contributed by atoms with Crippen LogP contribution in [-0.2, 0) is 6.42 Å². The first-order chi connectivity index (χ1) is 9.33. The lowest BCUT2D eigenvalue weighted by atomic mass is 10.2. The average Bonchev–Trinajstić information content (AvgIpc) is 2.46. The van der Waals surface area contributed by atoms with Crippen LogP contribution >= 0.6 is 7.92 Å². The van der Waals surface area contributed by atoms with Crippen molar-refractivity contribution in [3.63, 3.8) is 0 Å². The van der Waals surface area contributed by atoms with Gasteiger partial charge in [0.15, 0.2) is 0 Å². The Hall–Kier alpha value is -0.350. The van der Waals surface area contributed by atoms with Crippen LogP contribution in [0.2, 0.25) is 0 Å². The normalized spacial score (nSPS) is 12.6. The monoisotopic (exact) mass is 278 g/mol. The van der Waals surface area contributed by atoms with E-state index in [0.717, 1.165) is 0 Å². The highest BCUT2D eigenvalue weighted by Gasteiger charge is 2.13. The summed E-state index contributed by atoms with van der Waals surface area (Å²) in [6, 6.07) is 9.18. The molecular weight excluding hydrogens is 247 g/mol. The van der Waals surface area contributed by atoms with Crippen molar-refractivity contribution in [2.45, 2.75) is 65.7 Å². The van der Waals surface area contributed by atoms with E-state index in [-0.39, 0.29) is 7.92 Å². The third kappa shape index (κ3) is 6.09. The van der Waals surface area contributed by atoms with Gasteiger partial charge in [-0.25, -0.2) is 0 Å². The average molecular weight is 278 g/mol. The quantitative estimate of drug-likeness (QED) is 0.378. The molecule has 1 rings (SSSR count). The van der Waals surface area contributed by atoms with Gasteiger partial charge in [-0.3, -0.25) is 0 Å². The molecule has 1 aromatic rings. The van der Waals surface area contributed by atoms with E-state index in [0.29, 0.717) is 0 Å². The Morgan fingerprint density at radius 2 is 1.47 bits per heavy atom. The molecule has 0 nitrogen and oxygen atoms in total. The van der Waals surface area contributed by atoms with Crippen molar-refractivity contribution in [1.29, 1.82) is 0 Å². The van der Waals surface area contributed by atoms with Crippen molar-refractivity contribution in [2.75, 3.05) is 12.3 Å². The Morgan fingerprint density at radius 3 is 2.16 bits per heavy atom. The molecule has 0 bridgehead atoms. The molecule has 0 fully saturated rings. The molecule has 1 unspecified atom stereocenters. The smallest absolute Gasteiger partial charge is 0.0209 e. The standard InChI is InChI=1S/C18H31P/c1-4-7-9-12-16-19(15-8-5-2)18-14-11-10-13-17(18)6-3/h10-11,13-14H,4-9,12,15-16H2,1-3H3. The van der Waals surface area contributed by atoms with Crippen LogP contribution in [0.5, 0.6) is 0 Å². The molecule has 108 valence electrons. The predicted octanol–water partition coefficient (Wildman–Crippen LogP) is 5.74. The van der Waals surface area contributed by atoms with Gasteiger partial charge < -0.3 is 0 Å². The third-order valence-corrected chi connectivity index (χ3v) is 6.61. The fourth-order valence-electron chi connectivity index (χ4n) is 2.55. The van der Waals surface area contributed by atoms with Crippen molar-refractivity contribution in [3.05, 3.63) is 29.8 Å². The summed E-state index contributed by atoms with van der Waals surface area (Å²) in [5.74, 6) is 0. The van der Waals surface area contributed by atoms with Crippen molar-refractivity contribution in [1.82, 2.24) is 0 Å². The zero-order valence-corrected chi connectivity index (χ0v) is 14.0. The van der Waals surface area contributed by atoms with E-state index >= 15 is 0 Å². The van der Waals surface area contributed by atoms with Gasteiger partial charge in [-0.05, 0) is 42.5 Å². The second-order valence-electron chi connectivity index (χ2n) is 5.38. The van der Waals surface area contributed by atoms with Crippen molar-refractivity contribution < 1.29 is 0 Å². The SMILES string of the molecule is CCCCCCP(CCCC)c1ccccc1CC. The fraction of sp³-hybridized carbons (Fsp3) is 0.667. The minimum Gasteiger partial charge on any atom is -0.0750 e. The van der Waals surface area contributed by atoms with E-state index < -0.39 is 0 Å². The molecule has 19 heavy (non-hydrogen) atoms. The molecular formula is C18H31P. The first-order valence-corrected chi connectivity index (χ1v) is 9.87. The van der Waals surface area contributed by atoms with E-state index in [1.165, 1.54) is 57.3 Å². The number of benzene rings is 1. The molecule has 1 atom stereocenters. The number of hydrogen-bond donors (Lipinski definition) is 0. The highest BCUT2D eigenvalue weighted by Crippen LogP contribution is 2.38. The zero-order valence-electron chi connectivity index (χ0n) is 13.1. The van der Waals surface area contributed by atoms with E-state index in [2.05, 4.69) is 45.0 Å². The zero-order chi connectivity index (χ0) is 13.9. The Kier molecular flexibility index (Phi) is 9.18. The minimum absolute atomic E-state index is 0.0951. The van der Waals surface area contributed by atoms with Gasteiger partial charge in [-0.1, -0.05) is 78.6 Å². The third-order valence-electron chi connectivity index (χ3n) is 3.78. The van der Waals surface area contributed by atoms with Gasteiger partial charge in [-0.15, -0.1) is 0 Å². The van der Waals surface area contributed by atoms with Gasteiger partial charge in [0.2, 0.25) is 0 Å². The van der Waals surface area contributed by atoms with Gasteiger partial charge in [0.1, 0.15) is 0 Å². The molecule has 1 aromatic carbocycles. The summed E-state index contributed by atoms with van der Waals surface area (Å²) in [6.07, 6.45) is 12.4. The second kappa shape index (κ2) is 10.4. The van der Waals surface area contributed by atoms with Crippen LogP contribution < -0.4 is 5.30 Å². The molecule has 0 aliphatic rings. The highest BCUT2D eigenvalue weighted by atomic mass is 31.1. The van der Waals surface area contributed by atoms with Crippen molar-refractivity contribution in [2.24, 2.45) is 0 Å². The summed E-state index contributed by atoms with van der Waals surface area (Å²) < 4.78 is 0. The molecule has 0 saturated heterocycles. The molecule has 0 radical (unpaired) electrons. The maximum atomic E-state index is 2.40. The van der Waals surface area contributed by atoms with Gasteiger partial charge >= 0.3 is 0 Å². The Morgan fingerprint density at radius 1 is 0.789 bits per heavy atom. The maximum absolute atomic E-state index is 2.40. The fourth-order valence-corrected chi connectivity index (χ4v) is 5.49. The molecule has 0 saturated carbocycles. The minimum atomic E-state index is 0.0951. The van der Waals surface area contributed by atoms with Gasteiger partial charge in [0, 0.05) is 0 Å². The predicted molar refractivity (Wildman–Crippen MR) is 91.2 cm³/mol. The number of aryl methyl sites for hydroxylation is 1. The molecule has 1 heteroatoms. The van der Waals surface area contributed by atoms with E-state index in [1.54, 1.807) is 10.9 Å². The largest absolute Gasteiger partial charge is 0.0750 e. The summed E-state index contributed by atoms with van der Waals surface area (Å²) in [7, 11) is 0.0951. The summed E-state index contributed by atoms with van der Waals surface area (Å²) in [6.45, 7) is 6.91. The number of rotatable bonds is 10. The Balaban J connectivity index is 2.65. The van der Waals surface area contributed by atoms with E-state index in [4.69, 9.17) is 0 Å². The second-order valence-corrected chi connectivity index (χ2v) is 7.84. The highest BCUT2D eigenvalue weighted by molar-refractivity contribution is 7.65. The van der Waals surface area contributed by atoms with Crippen LogP contribution in [0.25, 0.3) is 0 Å². The summed E-state index contributed by atoms with van der Waals surface area (Å²) in [5.41, 5.74) is 1.60. The van der Waals surface area contributed by atoms with Crippen LogP contribution in [0.3, 0.4) is 0 Å². The van der Waals surface area contributed by atoms with Gasteiger partial charge in [-0.2, -0.15) is 0 Å². The van der Waals surface area contributed by atoms with Crippen LogP contribution in [-0.4, -0.2) is 12.3 Å². The van der Waals surface area contributed by atoms with Gasteiger partial charge in [0.25, 0.3) is 0 Å². The first kappa shape index (κ1) is 16.7. The van der Waals surface area contributed by atoms with E-state index in [9.17, 15) is 0 Å². The Bertz CT molecular complexity index is 332. The van der Waals surface area contributed by atoms with Crippen LogP contribution in [0.4, 0.5) is 0 Å². The van der Waals surface area contributed by atoms with Crippen LogP contribution in [0.15, 0.2) is 24.3 Å². The molecule has 0 spiro atoms. The van der Waals surface area contributed by atoms with Crippen molar-refractivity contribution in [3.8, 4) is 0 Å². The Labute approximate surface area is 121 Å².